The van der Waals surface area contributed by atoms with Crippen LogP contribution in [0.2, 0.25) is 0 Å². The van der Waals surface area contributed by atoms with Crippen molar-refractivity contribution in [2.24, 2.45) is 11.8 Å². The number of hydrogen-bond donors (Lipinski definition) is 1. The molecule has 2 unspecified atom stereocenters. The number of carbonyl (C=O) groups excluding carboxylic acids is 2. The molecule has 0 aromatic heterocycles. The first-order chi connectivity index (χ1) is 12.0. The molecule has 1 saturated heterocycles. The highest BCUT2D eigenvalue weighted by atomic mass is 16.5. The zero-order valence-corrected chi connectivity index (χ0v) is 14.6. The van der Waals surface area contributed by atoms with E-state index < -0.39 is 5.97 Å². The van der Waals surface area contributed by atoms with E-state index in [1.807, 2.05) is 12.1 Å². The minimum Gasteiger partial charge on any atom is -0.506 e. The van der Waals surface area contributed by atoms with Crippen LogP contribution in [-0.4, -0.2) is 41.6 Å². The van der Waals surface area contributed by atoms with Crippen molar-refractivity contribution in [1.82, 2.24) is 4.90 Å². The molecule has 1 heterocycles. The van der Waals surface area contributed by atoms with Crippen LogP contribution < -0.4 is 0 Å². The van der Waals surface area contributed by atoms with Crippen LogP contribution in [0.3, 0.4) is 0 Å². The van der Waals surface area contributed by atoms with Gasteiger partial charge >= 0.3 is 5.97 Å². The second-order valence-corrected chi connectivity index (χ2v) is 7.00. The van der Waals surface area contributed by atoms with E-state index in [2.05, 4.69) is 13.8 Å². The lowest BCUT2D eigenvalue weighted by Gasteiger charge is -2.34. The van der Waals surface area contributed by atoms with Crippen LogP contribution in [0, 0.1) is 11.8 Å². The smallest absolute Gasteiger partial charge is 0.342 e. The predicted octanol–water partition coefficient (Wildman–Crippen LogP) is 3.21. The Bertz CT molecular complexity index is 791. The van der Waals surface area contributed by atoms with E-state index in [4.69, 9.17) is 4.74 Å². The van der Waals surface area contributed by atoms with Crippen molar-refractivity contribution < 1.29 is 19.4 Å². The quantitative estimate of drug-likeness (QED) is 0.871. The number of fused-ring (bicyclic) bond motifs is 1. The lowest BCUT2D eigenvalue weighted by molar-refractivity contribution is -0.137. The SMILES string of the molecule is CC1CC(C)CN(C(=O)COC(=O)c2ccc3ccccc3c2O)C1. The monoisotopic (exact) mass is 341 g/mol. The molecular formula is C20H23NO4. The van der Waals surface area contributed by atoms with Gasteiger partial charge in [0, 0.05) is 18.5 Å². The van der Waals surface area contributed by atoms with E-state index in [9.17, 15) is 14.7 Å². The van der Waals surface area contributed by atoms with Gasteiger partial charge in [-0.2, -0.15) is 0 Å². The second kappa shape index (κ2) is 7.13. The number of piperidine rings is 1. The molecule has 0 bridgehead atoms. The molecular weight excluding hydrogens is 318 g/mol. The van der Waals surface area contributed by atoms with Crippen molar-refractivity contribution in [2.45, 2.75) is 20.3 Å². The molecule has 0 saturated carbocycles. The third-order valence-corrected chi connectivity index (χ3v) is 4.67. The van der Waals surface area contributed by atoms with Crippen LogP contribution in [0.25, 0.3) is 10.8 Å². The van der Waals surface area contributed by atoms with Gasteiger partial charge in [-0.05, 0) is 29.7 Å². The van der Waals surface area contributed by atoms with Gasteiger partial charge in [0.15, 0.2) is 6.61 Å². The molecule has 2 aromatic rings. The van der Waals surface area contributed by atoms with E-state index in [0.717, 1.165) is 11.8 Å². The largest absolute Gasteiger partial charge is 0.506 e. The second-order valence-electron chi connectivity index (χ2n) is 7.00. The van der Waals surface area contributed by atoms with Crippen molar-refractivity contribution in [2.75, 3.05) is 19.7 Å². The maximum atomic E-state index is 12.3. The summed E-state index contributed by atoms with van der Waals surface area (Å²) in [6.07, 6.45) is 1.11. The number of phenols is 1. The molecule has 1 amide bonds. The van der Waals surface area contributed by atoms with Gasteiger partial charge in [0.1, 0.15) is 11.3 Å². The average Bonchev–Trinajstić information content (AvgIpc) is 2.59. The molecule has 1 aliphatic rings. The van der Waals surface area contributed by atoms with Crippen LogP contribution in [-0.2, 0) is 9.53 Å². The van der Waals surface area contributed by atoms with Crippen molar-refractivity contribution in [3.63, 3.8) is 0 Å². The third-order valence-electron chi connectivity index (χ3n) is 4.67. The number of amides is 1. The summed E-state index contributed by atoms with van der Waals surface area (Å²) in [7, 11) is 0. The molecule has 1 aliphatic heterocycles. The van der Waals surface area contributed by atoms with E-state index in [0.29, 0.717) is 30.3 Å². The van der Waals surface area contributed by atoms with Gasteiger partial charge in [-0.25, -0.2) is 4.79 Å². The molecule has 0 aliphatic carbocycles. The van der Waals surface area contributed by atoms with Gasteiger partial charge in [-0.15, -0.1) is 0 Å². The minimum atomic E-state index is -0.685. The standard InChI is InChI=1S/C20H23NO4/c1-13-9-14(2)11-21(10-13)18(22)12-25-20(24)17-8-7-15-5-3-4-6-16(15)19(17)23/h3-8,13-14,23H,9-12H2,1-2H3. The minimum absolute atomic E-state index is 0.0758. The van der Waals surface area contributed by atoms with E-state index in [-0.39, 0.29) is 23.8 Å². The first-order valence-corrected chi connectivity index (χ1v) is 8.61. The number of esters is 1. The summed E-state index contributed by atoms with van der Waals surface area (Å²) in [6.45, 7) is 5.33. The molecule has 0 spiro atoms. The zero-order valence-electron chi connectivity index (χ0n) is 14.6. The maximum absolute atomic E-state index is 12.3. The highest BCUT2D eigenvalue weighted by Gasteiger charge is 2.26. The number of hydrogen-bond acceptors (Lipinski definition) is 4. The van der Waals surface area contributed by atoms with Gasteiger partial charge in [0.25, 0.3) is 5.91 Å². The van der Waals surface area contributed by atoms with Gasteiger partial charge in [-0.1, -0.05) is 44.2 Å². The van der Waals surface area contributed by atoms with E-state index >= 15 is 0 Å². The van der Waals surface area contributed by atoms with Crippen molar-refractivity contribution in [3.8, 4) is 5.75 Å². The maximum Gasteiger partial charge on any atom is 0.342 e. The average molecular weight is 341 g/mol. The molecule has 5 nitrogen and oxygen atoms in total. The fourth-order valence-corrected chi connectivity index (χ4v) is 3.58. The number of aromatic hydroxyl groups is 1. The predicted molar refractivity (Wildman–Crippen MR) is 95.4 cm³/mol. The molecule has 1 fully saturated rings. The van der Waals surface area contributed by atoms with Crippen LogP contribution >= 0.6 is 0 Å². The van der Waals surface area contributed by atoms with Crippen LogP contribution in [0.5, 0.6) is 5.75 Å². The van der Waals surface area contributed by atoms with Gasteiger partial charge in [-0.3, -0.25) is 4.79 Å². The summed E-state index contributed by atoms with van der Waals surface area (Å²) < 4.78 is 5.15. The van der Waals surface area contributed by atoms with Gasteiger partial charge in [0.05, 0.1) is 0 Å². The molecule has 0 radical (unpaired) electrons. The molecule has 1 N–H and O–H groups in total. The number of nitrogens with zero attached hydrogens (tertiary/aromatic N) is 1. The Morgan fingerprint density at radius 2 is 1.80 bits per heavy atom. The number of likely N-dealkylation sites (tertiary alicyclic amines) is 1. The first kappa shape index (κ1) is 17.3. The Labute approximate surface area is 147 Å². The molecule has 132 valence electrons. The summed E-state index contributed by atoms with van der Waals surface area (Å²) in [5.41, 5.74) is 0.0758. The number of rotatable bonds is 3. The molecule has 2 atom stereocenters. The fourth-order valence-electron chi connectivity index (χ4n) is 3.58. The summed E-state index contributed by atoms with van der Waals surface area (Å²) in [5.74, 6) is -0.0848. The molecule has 3 rings (SSSR count). The summed E-state index contributed by atoms with van der Waals surface area (Å²) in [6, 6.07) is 10.5. The Kier molecular flexibility index (Phi) is 4.93. The molecule has 25 heavy (non-hydrogen) atoms. The summed E-state index contributed by atoms with van der Waals surface area (Å²) in [4.78, 5) is 26.3. The summed E-state index contributed by atoms with van der Waals surface area (Å²) >= 11 is 0. The van der Waals surface area contributed by atoms with Gasteiger partial charge < -0.3 is 14.7 Å². The highest BCUT2D eigenvalue weighted by molar-refractivity contribution is 6.01. The Balaban J connectivity index is 1.66. The number of carbonyl (C=O) groups is 2. The normalized spacial score (nSPS) is 20.5. The van der Waals surface area contributed by atoms with Crippen molar-refractivity contribution >= 4 is 22.6 Å². The Morgan fingerprint density at radius 1 is 1.12 bits per heavy atom. The number of phenolic OH excluding ortho intramolecular Hbond substituents is 1. The topological polar surface area (TPSA) is 66.8 Å². The molecule has 2 aromatic carbocycles. The Morgan fingerprint density at radius 3 is 2.52 bits per heavy atom. The van der Waals surface area contributed by atoms with E-state index in [1.54, 1.807) is 23.1 Å². The lowest BCUT2D eigenvalue weighted by atomic mass is 9.92. The van der Waals surface area contributed by atoms with E-state index in [1.165, 1.54) is 6.07 Å². The van der Waals surface area contributed by atoms with Crippen LogP contribution in [0.4, 0.5) is 0 Å². The lowest BCUT2D eigenvalue weighted by Crippen LogP contribution is -2.44. The van der Waals surface area contributed by atoms with Gasteiger partial charge in [0.2, 0.25) is 0 Å². The van der Waals surface area contributed by atoms with Crippen LogP contribution in [0.1, 0.15) is 30.6 Å². The molecule has 5 heteroatoms. The van der Waals surface area contributed by atoms with Crippen molar-refractivity contribution in [1.29, 1.82) is 0 Å². The Hall–Kier alpha value is -2.56. The number of benzene rings is 2. The summed E-state index contributed by atoms with van der Waals surface area (Å²) in [5, 5.41) is 11.7. The van der Waals surface area contributed by atoms with Crippen LogP contribution in [0.15, 0.2) is 36.4 Å². The van der Waals surface area contributed by atoms with Crippen molar-refractivity contribution in [3.05, 3.63) is 42.0 Å². The third kappa shape index (κ3) is 3.76. The zero-order chi connectivity index (χ0) is 18.0. The highest BCUT2D eigenvalue weighted by Crippen LogP contribution is 2.29. The first-order valence-electron chi connectivity index (χ1n) is 8.61. The number of ether oxygens (including phenoxy) is 1. The fraction of sp³-hybridized carbons (Fsp3) is 0.400.